The highest BCUT2D eigenvalue weighted by Gasteiger charge is 2.26. The lowest BCUT2D eigenvalue weighted by molar-refractivity contribution is 0.0533. The first-order chi connectivity index (χ1) is 13.0. The van der Waals surface area contributed by atoms with Crippen LogP contribution in [0.25, 0.3) is 10.9 Å². The van der Waals surface area contributed by atoms with Gasteiger partial charge in [-0.05, 0) is 38.1 Å². The largest absolute Gasteiger partial charge is 0.351 e. The summed E-state index contributed by atoms with van der Waals surface area (Å²) in [5.41, 5.74) is 4.47. The van der Waals surface area contributed by atoms with Gasteiger partial charge in [-0.3, -0.25) is 9.59 Å². The predicted octanol–water partition coefficient (Wildman–Crippen LogP) is 3.38. The van der Waals surface area contributed by atoms with E-state index in [4.69, 9.17) is 0 Å². The third-order valence-corrected chi connectivity index (χ3v) is 5.08. The number of hydrogen-bond donors (Lipinski definition) is 1. The molecule has 0 atom stereocenters. The van der Waals surface area contributed by atoms with Gasteiger partial charge in [0.05, 0.1) is 0 Å². The normalized spacial score (nSPS) is 14.6. The molecule has 2 aromatic carbocycles. The molecule has 0 spiro atoms. The molecule has 0 aliphatic carbocycles. The van der Waals surface area contributed by atoms with Gasteiger partial charge in [0.1, 0.15) is 5.69 Å². The van der Waals surface area contributed by atoms with E-state index in [-0.39, 0.29) is 11.8 Å². The number of aryl methyl sites for hydroxylation is 2. The SMILES string of the molecule is Cc1cc(C)cc(C(=O)N2CCN(C(=O)c3cc4ccccc4[nH]3)CC2)c1. The van der Waals surface area contributed by atoms with Crippen LogP contribution < -0.4 is 0 Å². The highest BCUT2D eigenvalue weighted by Crippen LogP contribution is 2.18. The van der Waals surface area contributed by atoms with Crippen molar-refractivity contribution in [1.29, 1.82) is 0 Å². The maximum atomic E-state index is 12.8. The van der Waals surface area contributed by atoms with E-state index in [1.807, 2.05) is 66.1 Å². The van der Waals surface area contributed by atoms with E-state index < -0.39 is 0 Å². The number of aromatic amines is 1. The van der Waals surface area contributed by atoms with Gasteiger partial charge in [-0.15, -0.1) is 0 Å². The fourth-order valence-corrected chi connectivity index (χ4v) is 3.75. The summed E-state index contributed by atoms with van der Waals surface area (Å²) in [5, 5.41) is 1.03. The molecule has 5 heteroatoms. The zero-order chi connectivity index (χ0) is 19.0. The van der Waals surface area contributed by atoms with Gasteiger partial charge in [-0.25, -0.2) is 0 Å². The minimum Gasteiger partial charge on any atom is -0.351 e. The lowest BCUT2D eigenvalue weighted by Crippen LogP contribution is -2.50. The molecular weight excluding hydrogens is 338 g/mol. The Kier molecular flexibility index (Phi) is 4.44. The van der Waals surface area contributed by atoms with Gasteiger partial charge in [-0.1, -0.05) is 35.4 Å². The number of hydrogen-bond acceptors (Lipinski definition) is 2. The zero-order valence-corrected chi connectivity index (χ0v) is 15.7. The van der Waals surface area contributed by atoms with Crippen LogP contribution in [-0.2, 0) is 0 Å². The highest BCUT2D eigenvalue weighted by molar-refractivity contribution is 5.98. The van der Waals surface area contributed by atoms with Gasteiger partial charge in [-0.2, -0.15) is 0 Å². The number of amides is 2. The van der Waals surface area contributed by atoms with Crippen molar-refractivity contribution in [2.24, 2.45) is 0 Å². The number of H-pyrrole nitrogens is 1. The summed E-state index contributed by atoms with van der Waals surface area (Å²) in [6, 6.07) is 15.7. The van der Waals surface area contributed by atoms with Gasteiger partial charge in [0.15, 0.2) is 0 Å². The molecule has 2 amide bonds. The predicted molar refractivity (Wildman–Crippen MR) is 106 cm³/mol. The number of para-hydroxylation sites is 1. The van der Waals surface area contributed by atoms with Crippen LogP contribution in [0.2, 0.25) is 0 Å². The van der Waals surface area contributed by atoms with Crippen molar-refractivity contribution in [1.82, 2.24) is 14.8 Å². The first kappa shape index (κ1) is 17.3. The van der Waals surface area contributed by atoms with E-state index in [2.05, 4.69) is 11.1 Å². The Bertz CT molecular complexity index is 960. The summed E-state index contributed by atoms with van der Waals surface area (Å²) in [6.07, 6.45) is 0. The summed E-state index contributed by atoms with van der Waals surface area (Å²) >= 11 is 0. The van der Waals surface area contributed by atoms with E-state index in [1.54, 1.807) is 0 Å². The quantitative estimate of drug-likeness (QED) is 0.761. The van der Waals surface area contributed by atoms with E-state index in [0.29, 0.717) is 31.9 Å². The second kappa shape index (κ2) is 6.91. The van der Waals surface area contributed by atoms with Gasteiger partial charge in [0.2, 0.25) is 0 Å². The van der Waals surface area contributed by atoms with Crippen molar-refractivity contribution in [3.63, 3.8) is 0 Å². The summed E-state index contributed by atoms with van der Waals surface area (Å²) < 4.78 is 0. The van der Waals surface area contributed by atoms with Crippen LogP contribution in [0.4, 0.5) is 0 Å². The number of aromatic nitrogens is 1. The maximum Gasteiger partial charge on any atom is 0.270 e. The zero-order valence-electron chi connectivity index (χ0n) is 15.7. The van der Waals surface area contributed by atoms with Gasteiger partial charge < -0.3 is 14.8 Å². The van der Waals surface area contributed by atoms with Crippen molar-refractivity contribution in [3.8, 4) is 0 Å². The van der Waals surface area contributed by atoms with E-state index >= 15 is 0 Å². The molecule has 1 aliphatic heterocycles. The Balaban J connectivity index is 1.43. The molecule has 3 aromatic rings. The number of carbonyl (C=O) groups is 2. The lowest BCUT2D eigenvalue weighted by Gasteiger charge is -2.34. The van der Waals surface area contributed by atoms with Crippen LogP contribution in [-0.4, -0.2) is 52.8 Å². The lowest BCUT2D eigenvalue weighted by atomic mass is 10.1. The molecule has 1 fully saturated rings. The fourth-order valence-electron chi connectivity index (χ4n) is 3.75. The Hall–Kier alpha value is -3.08. The van der Waals surface area contributed by atoms with Crippen LogP contribution in [0.1, 0.15) is 32.0 Å². The van der Waals surface area contributed by atoms with Crippen LogP contribution in [0, 0.1) is 13.8 Å². The van der Waals surface area contributed by atoms with Gasteiger partial charge in [0.25, 0.3) is 11.8 Å². The average Bonchev–Trinajstić information content (AvgIpc) is 3.10. The van der Waals surface area contributed by atoms with E-state index in [0.717, 1.165) is 27.6 Å². The number of carbonyl (C=O) groups excluding carboxylic acids is 2. The third kappa shape index (κ3) is 3.45. The number of nitrogens with one attached hydrogen (secondary N) is 1. The Morgan fingerprint density at radius 1 is 0.815 bits per heavy atom. The fraction of sp³-hybridized carbons (Fsp3) is 0.273. The molecule has 0 unspecified atom stereocenters. The topological polar surface area (TPSA) is 56.4 Å². The van der Waals surface area contributed by atoms with Gasteiger partial charge >= 0.3 is 0 Å². The molecular formula is C22H23N3O2. The maximum absolute atomic E-state index is 12.8. The number of fused-ring (bicyclic) bond motifs is 1. The van der Waals surface area contributed by atoms with Crippen molar-refractivity contribution >= 4 is 22.7 Å². The summed E-state index contributed by atoms with van der Waals surface area (Å²) in [5.74, 6) is 0.0317. The van der Waals surface area contributed by atoms with Crippen molar-refractivity contribution in [2.75, 3.05) is 26.2 Å². The molecule has 0 saturated carbocycles. The molecule has 2 heterocycles. The molecule has 138 valence electrons. The van der Waals surface area contributed by atoms with Crippen molar-refractivity contribution < 1.29 is 9.59 Å². The van der Waals surface area contributed by atoms with Gasteiger partial charge in [0, 0.05) is 42.6 Å². The third-order valence-electron chi connectivity index (χ3n) is 5.08. The molecule has 0 radical (unpaired) electrons. The molecule has 1 saturated heterocycles. The molecule has 0 bridgehead atoms. The molecule has 1 aliphatic rings. The summed E-state index contributed by atoms with van der Waals surface area (Å²) in [6.45, 7) is 6.20. The minimum absolute atomic E-state index is 0.00954. The Morgan fingerprint density at radius 2 is 1.41 bits per heavy atom. The van der Waals surface area contributed by atoms with Crippen LogP contribution >= 0.6 is 0 Å². The Morgan fingerprint density at radius 3 is 2.04 bits per heavy atom. The summed E-state index contributed by atoms with van der Waals surface area (Å²) in [7, 11) is 0. The van der Waals surface area contributed by atoms with Crippen molar-refractivity contribution in [2.45, 2.75) is 13.8 Å². The molecule has 1 aromatic heterocycles. The van der Waals surface area contributed by atoms with Crippen molar-refractivity contribution in [3.05, 3.63) is 70.9 Å². The standard InChI is InChI=1S/C22H23N3O2/c1-15-11-16(2)13-18(12-15)21(26)24-7-9-25(10-8-24)22(27)20-14-17-5-3-4-6-19(17)23-20/h3-6,11-14,23H,7-10H2,1-2H3. The average molecular weight is 361 g/mol. The second-order valence-electron chi connectivity index (χ2n) is 7.23. The molecule has 1 N–H and O–H groups in total. The molecule has 4 rings (SSSR count). The second-order valence-corrected chi connectivity index (χ2v) is 7.23. The van der Waals surface area contributed by atoms with E-state index in [1.165, 1.54) is 0 Å². The number of benzene rings is 2. The minimum atomic E-state index is -0.00954. The first-order valence-corrected chi connectivity index (χ1v) is 9.26. The number of piperazine rings is 1. The monoisotopic (exact) mass is 361 g/mol. The highest BCUT2D eigenvalue weighted by atomic mass is 16.2. The summed E-state index contributed by atoms with van der Waals surface area (Å²) in [4.78, 5) is 32.4. The first-order valence-electron chi connectivity index (χ1n) is 9.26. The van der Waals surface area contributed by atoms with Crippen LogP contribution in [0.3, 0.4) is 0 Å². The Labute approximate surface area is 158 Å². The van der Waals surface area contributed by atoms with E-state index in [9.17, 15) is 9.59 Å². The smallest absolute Gasteiger partial charge is 0.270 e. The molecule has 5 nitrogen and oxygen atoms in total. The molecule has 27 heavy (non-hydrogen) atoms. The number of rotatable bonds is 2. The van der Waals surface area contributed by atoms with Crippen LogP contribution in [0.5, 0.6) is 0 Å². The van der Waals surface area contributed by atoms with Crippen LogP contribution in [0.15, 0.2) is 48.5 Å². The number of nitrogens with zero attached hydrogens (tertiary/aromatic N) is 2.